The van der Waals surface area contributed by atoms with E-state index in [1.165, 1.54) is 11.1 Å². The van der Waals surface area contributed by atoms with Gasteiger partial charge in [0.05, 0.1) is 6.10 Å². The number of piperidine rings is 1. The number of nitrogens with zero attached hydrogens (tertiary/aromatic N) is 4. The van der Waals surface area contributed by atoms with Crippen LogP contribution in [0.25, 0.3) is 0 Å². The molecule has 1 saturated heterocycles. The Morgan fingerprint density at radius 2 is 1.96 bits per heavy atom. The number of aliphatic hydroxyl groups is 1. The molecule has 23 heavy (non-hydrogen) atoms. The molecule has 0 saturated carbocycles. The van der Waals surface area contributed by atoms with Crippen LogP contribution in [-0.2, 0) is 13.0 Å². The van der Waals surface area contributed by atoms with Gasteiger partial charge in [0.2, 0.25) is 0 Å². The highest BCUT2D eigenvalue weighted by molar-refractivity contribution is 5.39. The Morgan fingerprint density at radius 1 is 1.09 bits per heavy atom. The Hall–Kier alpha value is -1.98. The first kappa shape index (κ1) is 14.6. The third-order valence-corrected chi connectivity index (χ3v) is 4.96. The average Bonchev–Trinajstić information content (AvgIpc) is 2.62. The van der Waals surface area contributed by atoms with Gasteiger partial charge in [0.15, 0.2) is 0 Å². The van der Waals surface area contributed by atoms with Crippen molar-refractivity contribution in [1.82, 2.24) is 14.9 Å². The van der Waals surface area contributed by atoms with Gasteiger partial charge in [-0.2, -0.15) is 0 Å². The van der Waals surface area contributed by atoms with E-state index in [1.54, 1.807) is 12.5 Å². The zero-order valence-electron chi connectivity index (χ0n) is 13.2. The first-order valence-electron chi connectivity index (χ1n) is 8.34. The number of aliphatic hydroxyl groups excluding tert-OH is 1. The van der Waals surface area contributed by atoms with E-state index in [-0.39, 0.29) is 12.3 Å². The molecule has 4 rings (SSSR count). The minimum absolute atomic E-state index is 0.00740. The van der Waals surface area contributed by atoms with E-state index < -0.39 is 0 Å². The number of fused-ring (bicyclic) bond motifs is 1. The third kappa shape index (κ3) is 2.82. The first-order chi connectivity index (χ1) is 11.3. The van der Waals surface area contributed by atoms with Crippen LogP contribution in [0.15, 0.2) is 42.9 Å². The van der Waals surface area contributed by atoms with Gasteiger partial charge >= 0.3 is 0 Å². The van der Waals surface area contributed by atoms with Crippen LogP contribution in [0.4, 0.5) is 5.82 Å². The van der Waals surface area contributed by atoms with Crippen molar-refractivity contribution in [2.24, 2.45) is 0 Å². The fourth-order valence-electron chi connectivity index (χ4n) is 3.85. The topological polar surface area (TPSA) is 52.5 Å². The number of hydrogen-bond donors (Lipinski definition) is 1. The quantitative estimate of drug-likeness (QED) is 0.917. The van der Waals surface area contributed by atoms with Crippen molar-refractivity contribution in [3.8, 4) is 0 Å². The van der Waals surface area contributed by atoms with Crippen molar-refractivity contribution in [3.05, 3.63) is 54.0 Å². The molecular formula is C18H22N4O. The maximum Gasteiger partial charge on any atom is 0.133 e. The van der Waals surface area contributed by atoms with E-state index in [9.17, 15) is 5.11 Å². The highest BCUT2D eigenvalue weighted by atomic mass is 16.3. The molecule has 0 radical (unpaired) electrons. The lowest BCUT2D eigenvalue weighted by Crippen LogP contribution is -2.59. The zero-order chi connectivity index (χ0) is 15.6. The van der Waals surface area contributed by atoms with Gasteiger partial charge in [0.25, 0.3) is 0 Å². The van der Waals surface area contributed by atoms with Gasteiger partial charge in [-0.25, -0.2) is 9.97 Å². The van der Waals surface area contributed by atoms with Crippen molar-refractivity contribution >= 4 is 5.82 Å². The molecule has 2 unspecified atom stereocenters. The molecule has 0 spiro atoms. The van der Waals surface area contributed by atoms with Gasteiger partial charge < -0.3 is 10.0 Å². The summed E-state index contributed by atoms with van der Waals surface area (Å²) in [6.07, 6.45) is 5.88. The molecule has 0 amide bonds. The Morgan fingerprint density at radius 3 is 2.78 bits per heavy atom. The molecule has 1 aromatic carbocycles. The molecule has 0 bridgehead atoms. The first-order valence-corrected chi connectivity index (χ1v) is 8.34. The van der Waals surface area contributed by atoms with Crippen LogP contribution >= 0.6 is 0 Å². The summed E-state index contributed by atoms with van der Waals surface area (Å²) in [6, 6.07) is 10.6. The van der Waals surface area contributed by atoms with Crippen LogP contribution in [0.1, 0.15) is 24.0 Å². The summed E-state index contributed by atoms with van der Waals surface area (Å²) < 4.78 is 0. The normalized spacial score (nSPS) is 25.2. The predicted octanol–water partition coefficient (Wildman–Crippen LogP) is 1.82. The lowest BCUT2D eigenvalue weighted by atomic mass is 9.96. The highest BCUT2D eigenvalue weighted by Crippen LogP contribution is 2.29. The van der Waals surface area contributed by atoms with Crippen molar-refractivity contribution in [3.63, 3.8) is 0 Å². The predicted molar refractivity (Wildman–Crippen MR) is 89.0 cm³/mol. The molecule has 0 aliphatic carbocycles. The third-order valence-electron chi connectivity index (χ3n) is 4.96. The van der Waals surface area contributed by atoms with Gasteiger partial charge in [-0.3, -0.25) is 4.90 Å². The molecule has 5 heteroatoms. The SMILES string of the molecule is OC1CCCN(c2ccncn2)C1N1CCc2ccccc2C1. The second-order valence-electron chi connectivity index (χ2n) is 6.37. The summed E-state index contributed by atoms with van der Waals surface area (Å²) in [4.78, 5) is 13.1. The maximum absolute atomic E-state index is 10.7. The second-order valence-corrected chi connectivity index (χ2v) is 6.37. The van der Waals surface area contributed by atoms with Crippen LogP contribution < -0.4 is 4.90 Å². The molecule has 1 fully saturated rings. The Bertz CT molecular complexity index is 663. The Labute approximate surface area is 136 Å². The van der Waals surface area contributed by atoms with Gasteiger partial charge in [0.1, 0.15) is 18.3 Å². The molecule has 1 N–H and O–H groups in total. The Kier molecular flexibility index (Phi) is 3.97. The zero-order valence-corrected chi connectivity index (χ0v) is 13.2. The Balaban J connectivity index is 1.62. The molecule has 120 valence electrons. The second kappa shape index (κ2) is 6.26. The lowest BCUT2D eigenvalue weighted by Gasteiger charge is -2.47. The average molecular weight is 310 g/mol. The van der Waals surface area contributed by atoms with Gasteiger partial charge in [-0.15, -0.1) is 0 Å². The van der Waals surface area contributed by atoms with Crippen LogP contribution in [-0.4, -0.2) is 45.3 Å². The number of benzene rings is 1. The molecular weight excluding hydrogens is 288 g/mol. The van der Waals surface area contributed by atoms with E-state index in [0.29, 0.717) is 0 Å². The van der Waals surface area contributed by atoms with Crippen LogP contribution in [0.2, 0.25) is 0 Å². The van der Waals surface area contributed by atoms with E-state index >= 15 is 0 Å². The van der Waals surface area contributed by atoms with Crippen molar-refractivity contribution < 1.29 is 5.11 Å². The summed E-state index contributed by atoms with van der Waals surface area (Å²) in [7, 11) is 0. The molecule has 1 aromatic heterocycles. The minimum atomic E-state index is -0.344. The van der Waals surface area contributed by atoms with Gasteiger partial charge in [-0.05, 0) is 36.5 Å². The van der Waals surface area contributed by atoms with E-state index in [0.717, 1.165) is 44.7 Å². The summed E-state index contributed by atoms with van der Waals surface area (Å²) >= 11 is 0. The number of anilines is 1. The standard InChI is InChI=1S/C18H22N4O/c23-16-6-3-10-22(17-7-9-19-13-20-17)18(16)21-11-8-14-4-1-2-5-15(14)12-21/h1-2,4-5,7,9,13,16,18,23H,3,6,8,10-12H2. The highest BCUT2D eigenvalue weighted by Gasteiger charge is 2.36. The van der Waals surface area contributed by atoms with Gasteiger partial charge in [-0.1, -0.05) is 24.3 Å². The fourth-order valence-corrected chi connectivity index (χ4v) is 3.85. The van der Waals surface area contributed by atoms with Crippen molar-refractivity contribution in [2.75, 3.05) is 18.0 Å². The molecule has 2 aliphatic rings. The van der Waals surface area contributed by atoms with Crippen molar-refractivity contribution in [1.29, 1.82) is 0 Å². The minimum Gasteiger partial charge on any atom is -0.390 e. The number of aromatic nitrogens is 2. The molecule has 2 aliphatic heterocycles. The van der Waals surface area contributed by atoms with E-state index in [4.69, 9.17) is 0 Å². The largest absolute Gasteiger partial charge is 0.390 e. The summed E-state index contributed by atoms with van der Waals surface area (Å²) in [5.74, 6) is 0.905. The number of rotatable bonds is 2. The molecule has 5 nitrogen and oxygen atoms in total. The van der Waals surface area contributed by atoms with Gasteiger partial charge in [0, 0.05) is 25.8 Å². The summed E-state index contributed by atoms with van der Waals surface area (Å²) in [5, 5.41) is 10.7. The molecule has 2 atom stereocenters. The lowest BCUT2D eigenvalue weighted by molar-refractivity contribution is 0.0191. The molecule has 2 aromatic rings. The smallest absolute Gasteiger partial charge is 0.133 e. The summed E-state index contributed by atoms with van der Waals surface area (Å²) in [6.45, 7) is 2.79. The summed E-state index contributed by atoms with van der Waals surface area (Å²) in [5.41, 5.74) is 2.81. The van der Waals surface area contributed by atoms with Crippen LogP contribution in [0, 0.1) is 0 Å². The number of hydrogen-bond acceptors (Lipinski definition) is 5. The fraction of sp³-hybridized carbons (Fsp3) is 0.444. The van der Waals surface area contributed by atoms with Crippen LogP contribution in [0.3, 0.4) is 0 Å². The van der Waals surface area contributed by atoms with E-state index in [1.807, 2.05) is 6.07 Å². The monoisotopic (exact) mass is 310 g/mol. The molecule has 3 heterocycles. The maximum atomic E-state index is 10.7. The van der Waals surface area contributed by atoms with Crippen molar-refractivity contribution in [2.45, 2.75) is 38.1 Å². The van der Waals surface area contributed by atoms with E-state index in [2.05, 4.69) is 44.0 Å². The van der Waals surface area contributed by atoms with Crippen LogP contribution in [0.5, 0.6) is 0 Å².